The summed E-state index contributed by atoms with van der Waals surface area (Å²) in [5.41, 5.74) is 1.89. The summed E-state index contributed by atoms with van der Waals surface area (Å²) in [6, 6.07) is 5.64. The Morgan fingerprint density at radius 1 is 1.33 bits per heavy atom. The highest BCUT2D eigenvalue weighted by atomic mass is 16.5. The van der Waals surface area contributed by atoms with Gasteiger partial charge in [0.15, 0.2) is 0 Å². The summed E-state index contributed by atoms with van der Waals surface area (Å²) in [5, 5.41) is 6.20. The topological polar surface area (TPSA) is 50.4 Å². The summed E-state index contributed by atoms with van der Waals surface area (Å²) in [6.07, 6.45) is 3.36. The number of rotatable bonds is 8. The molecule has 0 fully saturated rings. The van der Waals surface area contributed by atoms with Crippen LogP contribution in [0.25, 0.3) is 0 Å². The van der Waals surface area contributed by atoms with Crippen molar-refractivity contribution < 1.29 is 9.53 Å². The number of fused-ring (bicyclic) bond motifs is 1. The smallest absolute Gasteiger partial charge is 0.246 e. The van der Waals surface area contributed by atoms with Gasteiger partial charge >= 0.3 is 0 Å². The van der Waals surface area contributed by atoms with Gasteiger partial charge in [0.1, 0.15) is 11.8 Å². The van der Waals surface area contributed by atoms with Crippen LogP contribution in [0.5, 0.6) is 5.75 Å². The third-order valence-electron chi connectivity index (χ3n) is 3.77. The molecule has 2 rings (SSSR count). The zero-order chi connectivity index (χ0) is 15.2. The van der Waals surface area contributed by atoms with Crippen molar-refractivity contribution in [3.8, 4) is 5.75 Å². The van der Waals surface area contributed by atoms with Gasteiger partial charge in [-0.3, -0.25) is 4.79 Å². The van der Waals surface area contributed by atoms with Gasteiger partial charge < -0.3 is 15.4 Å². The van der Waals surface area contributed by atoms with Crippen molar-refractivity contribution >= 4 is 11.6 Å². The molecule has 1 aliphatic heterocycles. The molecule has 0 spiro atoms. The van der Waals surface area contributed by atoms with Crippen LogP contribution in [0.15, 0.2) is 18.2 Å². The Bertz CT molecular complexity index is 488. The highest BCUT2D eigenvalue weighted by molar-refractivity contribution is 6.02. The lowest BCUT2D eigenvalue weighted by Crippen LogP contribution is -2.27. The molecule has 1 heterocycles. The first-order valence-corrected chi connectivity index (χ1v) is 7.96. The van der Waals surface area contributed by atoms with Gasteiger partial charge in [-0.2, -0.15) is 0 Å². The Morgan fingerprint density at radius 2 is 2.14 bits per heavy atom. The van der Waals surface area contributed by atoms with Crippen LogP contribution < -0.4 is 15.4 Å². The van der Waals surface area contributed by atoms with Crippen molar-refractivity contribution in [2.24, 2.45) is 5.92 Å². The van der Waals surface area contributed by atoms with Gasteiger partial charge in [0.25, 0.3) is 0 Å². The molecule has 21 heavy (non-hydrogen) atoms. The minimum atomic E-state index is -0.229. The van der Waals surface area contributed by atoms with E-state index >= 15 is 0 Å². The predicted octanol–water partition coefficient (Wildman–Crippen LogP) is 3.49. The average Bonchev–Trinajstić information content (AvgIpc) is 2.78. The standard InChI is InChI=1S/C17H26N2O2/c1-4-6-12(3)11-21-13-7-8-14-15(10-13)19-17(20)16(14)18-9-5-2/h7-8,10,12,16,18H,4-6,9,11H2,1-3H3,(H,19,20). The van der Waals surface area contributed by atoms with E-state index in [0.29, 0.717) is 5.92 Å². The van der Waals surface area contributed by atoms with Gasteiger partial charge in [-0.05, 0) is 31.4 Å². The minimum Gasteiger partial charge on any atom is -0.493 e. The lowest BCUT2D eigenvalue weighted by Gasteiger charge is -2.13. The first-order valence-electron chi connectivity index (χ1n) is 7.96. The van der Waals surface area contributed by atoms with Crippen LogP contribution in [0.1, 0.15) is 51.6 Å². The van der Waals surface area contributed by atoms with Gasteiger partial charge in [-0.1, -0.05) is 33.3 Å². The maximum absolute atomic E-state index is 12.0. The summed E-state index contributed by atoms with van der Waals surface area (Å²) < 4.78 is 5.83. The van der Waals surface area contributed by atoms with Gasteiger partial charge in [-0.15, -0.1) is 0 Å². The number of ether oxygens (including phenoxy) is 1. The number of benzene rings is 1. The molecule has 0 aromatic heterocycles. The van der Waals surface area contributed by atoms with Crippen LogP contribution in [0.2, 0.25) is 0 Å². The molecule has 1 aromatic rings. The first kappa shape index (κ1) is 15.8. The molecule has 0 saturated carbocycles. The predicted molar refractivity (Wildman–Crippen MR) is 85.7 cm³/mol. The lowest BCUT2D eigenvalue weighted by atomic mass is 10.1. The molecule has 2 atom stereocenters. The molecular weight excluding hydrogens is 264 g/mol. The van der Waals surface area contributed by atoms with Gasteiger partial charge in [0, 0.05) is 17.3 Å². The highest BCUT2D eigenvalue weighted by Crippen LogP contribution is 2.33. The summed E-state index contributed by atoms with van der Waals surface area (Å²) in [5.74, 6) is 1.40. The first-order chi connectivity index (χ1) is 10.2. The number of carbonyl (C=O) groups is 1. The zero-order valence-corrected chi connectivity index (χ0v) is 13.2. The molecule has 0 bridgehead atoms. The normalized spacial score (nSPS) is 18.2. The number of hydrogen-bond acceptors (Lipinski definition) is 3. The SMILES string of the molecule is CCCNC1C(=O)Nc2cc(OCC(C)CCC)ccc21. The molecule has 1 amide bonds. The van der Waals surface area contributed by atoms with Crippen LogP contribution in [0.3, 0.4) is 0 Å². The van der Waals surface area contributed by atoms with E-state index in [1.165, 1.54) is 12.8 Å². The van der Waals surface area contributed by atoms with E-state index in [4.69, 9.17) is 4.74 Å². The number of nitrogens with one attached hydrogen (secondary N) is 2. The fourth-order valence-electron chi connectivity index (χ4n) is 2.64. The second-order valence-electron chi connectivity index (χ2n) is 5.83. The summed E-state index contributed by atoms with van der Waals surface area (Å²) in [6.45, 7) is 8.03. The zero-order valence-electron chi connectivity index (χ0n) is 13.2. The second kappa shape index (κ2) is 7.46. The van der Waals surface area contributed by atoms with E-state index in [1.807, 2.05) is 18.2 Å². The van der Waals surface area contributed by atoms with E-state index in [0.717, 1.165) is 36.6 Å². The van der Waals surface area contributed by atoms with Crippen molar-refractivity contribution in [2.45, 2.75) is 46.1 Å². The highest BCUT2D eigenvalue weighted by Gasteiger charge is 2.30. The van der Waals surface area contributed by atoms with Crippen LogP contribution in [-0.4, -0.2) is 19.1 Å². The fraction of sp³-hybridized carbons (Fsp3) is 0.588. The molecule has 0 saturated heterocycles. The number of carbonyl (C=O) groups excluding carboxylic acids is 1. The quantitative estimate of drug-likeness (QED) is 0.770. The van der Waals surface area contributed by atoms with E-state index in [1.54, 1.807) is 0 Å². The van der Waals surface area contributed by atoms with E-state index in [9.17, 15) is 4.79 Å². The minimum absolute atomic E-state index is 0.0231. The van der Waals surface area contributed by atoms with Crippen molar-refractivity contribution in [3.63, 3.8) is 0 Å². The largest absolute Gasteiger partial charge is 0.493 e. The third-order valence-corrected chi connectivity index (χ3v) is 3.77. The monoisotopic (exact) mass is 290 g/mol. The summed E-state index contributed by atoms with van der Waals surface area (Å²) in [4.78, 5) is 12.0. The second-order valence-corrected chi connectivity index (χ2v) is 5.83. The van der Waals surface area contributed by atoms with Crippen molar-refractivity contribution in [3.05, 3.63) is 23.8 Å². The molecule has 2 unspecified atom stereocenters. The Labute approximate surface area is 127 Å². The summed E-state index contributed by atoms with van der Waals surface area (Å²) >= 11 is 0. The number of hydrogen-bond donors (Lipinski definition) is 2. The fourth-order valence-corrected chi connectivity index (χ4v) is 2.64. The molecule has 1 aliphatic rings. The van der Waals surface area contributed by atoms with Crippen LogP contribution in [-0.2, 0) is 4.79 Å². The Kier molecular flexibility index (Phi) is 5.62. The molecule has 4 heteroatoms. The molecule has 0 radical (unpaired) electrons. The van der Waals surface area contributed by atoms with Gasteiger partial charge in [0.2, 0.25) is 5.91 Å². The molecule has 2 N–H and O–H groups in total. The maximum atomic E-state index is 12.0. The van der Waals surface area contributed by atoms with Crippen molar-refractivity contribution in [1.82, 2.24) is 5.32 Å². The van der Waals surface area contributed by atoms with Gasteiger partial charge in [-0.25, -0.2) is 0 Å². The van der Waals surface area contributed by atoms with E-state index < -0.39 is 0 Å². The Hall–Kier alpha value is -1.55. The maximum Gasteiger partial charge on any atom is 0.246 e. The third kappa shape index (κ3) is 3.97. The van der Waals surface area contributed by atoms with Crippen LogP contribution >= 0.6 is 0 Å². The van der Waals surface area contributed by atoms with E-state index in [-0.39, 0.29) is 11.9 Å². The van der Waals surface area contributed by atoms with Gasteiger partial charge in [0.05, 0.1) is 6.61 Å². The lowest BCUT2D eigenvalue weighted by molar-refractivity contribution is -0.117. The van der Waals surface area contributed by atoms with Crippen LogP contribution in [0.4, 0.5) is 5.69 Å². The van der Waals surface area contributed by atoms with Crippen molar-refractivity contribution in [2.75, 3.05) is 18.5 Å². The Balaban J connectivity index is 2.00. The molecule has 0 aliphatic carbocycles. The summed E-state index contributed by atoms with van der Waals surface area (Å²) in [7, 11) is 0. The van der Waals surface area contributed by atoms with E-state index in [2.05, 4.69) is 31.4 Å². The van der Waals surface area contributed by atoms with Crippen LogP contribution in [0, 0.1) is 5.92 Å². The number of amides is 1. The molecule has 4 nitrogen and oxygen atoms in total. The van der Waals surface area contributed by atoms with Crippen molar-refractivity contribution in [1.29, 1.82) is 0 Å². The molecule has 116 valence electrons. The average molecular weight is 290 g/mol. The number of anilines is 1. The Morgan fingerprint density at radius 3 is 2.86 bits per heavy atom. The molecule has 1 aromatic carbocycles. The molecular formula is C17H26N2O2.